The number of pyridine rings is 1. The summed E-state index contributed by atoms with van der Waals surface area (Å²) in [5, 5.41) is 0. The van der Waals surface area contributed by atoms with Gasteiger partial charge in [0, 0.05) is 5.69 Å². The van der Waals surface area contributed by atoms with Crippen molar-refractivity contribution in [1.82, 2.24) is 4.98 Å². The lowest BCUT2D eigenvalue weighted by molar-refractivity contribution is 0.111. The van der Waals surface area contributed by atoms with E-state index in [1.807, 2.05) is 19.9 Å². The number of aldehydes is 1. The minimum atomic E-state index is 0.123. The molecule has 1 aromatic rings. The molecule has 15 heavy (non-hydrogen) atoms. The first kappa shape index (κ1) is 11.7. The number of carbonyl (C=O) groups excluding carboxylic acids is 1. The maximum atomic E-state index is 10.8. The molecule has 0 bridgehead atoms. The molecule has 3 heteroatoms. The molecule has 0 aliphatic carbocycles. The monoisotopic (exact) mass is 207 g/mol. The van der Waals surface area contributed by atoms with Crippen LogP contribution in [-0.2, 0) is 0 Å². The van der Waals surface area contributed by atoms with Crippen molar-refractivity contribution < 1.29 is 9.53 Å². The summed E-state index contributed by atoms with van der Waals surface area (Å²) in [5.74, 6) is 0.580. The van der Waals surface area contributed by atoms with Crippen LogP contribution in [0.15, 0.2) is 12.1 Å². The van der Waals surface area contributed by atoms with Crippen molar-refractivity contribution in [3.05, 3.63) is 23.5 Å². The second-order valence-electron chi connectivity index (χ2n) is 3.67. The zero-order valence-corrected chi connectivity index (χ0v) is 9.49. The third-order valence-electron chi connectivity index (χ3n) is 2.16. The Labute approximate surface area is 90.5 Å². The van der Waals surface area contributed by atoms with Crippen LogP contribution in [0, 0.1) is 6.92 Å². The van der Waals surface area contributed by atoms with Gasteiger partial charge in [0.25, 0.3) is 0 Å². The Balaban J connectivity index is 2.80. The molecule has 0 fully saturated rings. The highest BCUT2D eigenvalue weighted by molar-refractivity contribution is 5.76. The molecule has 0 radical (unpaired) electrons. The maximum absolute atomic E-state index is 10.8. The molecule has 82 valence electrons. The first-order valence-electron chi connectivity index (χ1n) is 5.26. The van der Waals surface area contributed by atoms with Crippen LogP contribution in [-0.4, -0.2) is 17.4 Å². The van der Waals surface area contributed by atoms with Gasteiger partial charge in [-0.05, 0) is 32.4 Å². The van der Waals surface area contributed by atoms with Gasteiger partial charge in [0.15, 0.2) is 6.29 Å². The SMILES string of the molecule is CCCC(C)Oc1ccc(C)nc1C=O. The fourth-order valence-corrected chi connectivity index (χ4v) is 1.43. The molecular weight excluding hydrogens is 190 g/mol. The molecule has 0 aliphatic rings. The van der Waals surface area contributed by atoms with Gasteiger partial charge >= 0.3 is 0 Å². The highest BCUT2D eigenvalue weighted by Crippen LogP contribution is 2.17. The molecule has 1 heterocycles. The lowest BCUT2D eigenvalue weighted by Crippen LogP contribution is -2.12. The van der Waals surface area contributed by atoms with Gasteiger partial charge in [0.05, 0.1) is 6.10 Å². The lowest BCUT2D eigenvalue weighted by atomic mass is 10.2. The summed E-state index contributed by atoms with van der Waals surface area (Å²) in [4.78, 5) is 14.9. The number of rotatable bonds is 5. The van der Waals surface area contributed by atoms with Crippen molar-refractivity contribution in [3.8, 4) is 5.75 Å². The molecule has 0 spiro atoms. The smallest absolute Gasteiger partial charge is 0.172 e. The van der Waals surface area contributed by atoms with E-state index in [2.05, 4.69) is 11.9 Å². The van der Waals surface area contributed by atoms with Gasteiger partial charge in [-0.2, -0.15) is 0 Å². The first-order valence-corrected chi connectivity index (χ1v) is 5.26. The number of nitrogens with zero attached hydrogens (tertiary/aromatic N) is 1. The average Bonchev–Trinajstić information content (AvgIpc) is 2.21. The molecule has 0 aromatic carbocycles. The number of hydrogen-bond donors (Lipinski definition) is 0. The van der Waals surface area contributed by atoms with Gasteiger partial charge in [-0.3, -0.25) is 4.79 Å². The van der Waals surface area contributed by atoms with E-state index in [-0.39, 0.29) is 6.10 Å². The molecule has 3 nitrogen and oxygen atoms in total. The summed E-state index contributed by atoms with van der Waals surface area (Å²) in [5.41, 5.74) is 1.21. The van der Waals surface area contributed by atoms with Crippen LogP contribution in [0.3, 0.4) is 0 Å². The second-order valence-corrected chi connectivity index (χ2v) is 3.67. The molecule has 0 aliphatic heterocycles. The number of aromatic nitrogens is 1. The Morgan fingerprint density at radius 1 is 1.53 bits per heavy atom. The van der Waals surface area contributed by atoms with Crippen LogP contribution in [0.25, 0.3) is 0 Å². The Kier molecular flexibility index (Phi) is 4.28. The third-order valence-corrected chi connectivity index (χ3v) is 2.16. The minimum Gasteiger partial charge on any atom is -0.488 e. The standard InChI is InChI=1S/C12H17NO2/c1-4-5-10(3)15-12-7-6-9(2)13-11(12)8-14/h6-8,10H,4-5H2,1-3H3. The van der Waals surface area contributed by atoms with Gasteiger partial charge in [-0.1, -0.05) is 13.3 Å². The zero-order valence-electron chi connectivity index (χ0n) is 9.49. The van der Waals surface area contributed by atoms with E-state index in [9.17, 15) is 4.79 Å². The third kappa shape index (κ3) is 3.35. The zero-order chi connectivity index (χ0) is 11.3. The predicted octanol–water partition coefficient (Wildman–Crippen LogP) is 2.77. The van der Waals surface area contributed by atoms with Crippen LogP contribution in [0.5, 0.6) is 5.75 Å². The average molecular weight is 207 g/mol. The summed E-state index contributed by atoms with van der Waals surface area (Å²) in [6.07, 6.45) is 2.91. The molecule has 1 unspecified atom stereocenters. The normalized spacial score (nSPS) is 12.2. The van der Waals surface area contributed by atoms with Crippen LogP contribution in [0.4, 0.5) is 0 Å². The van der Waals surface area contributed by atoms with Gasteiger partial charge in [-0.15, -0.1) is 0 Å². The fraction of sp³-hybridized carbons (Fsp3) is 0.500. The second kappa shape index (κ2) is 5.49. The van der Waals surface area contributed by atoms with Crippen molar-refractivity contribution >= 4 is 6.29 Å². The summed E-state index contributed by atoms with van der Waals surface area (Å²) in [7, 11) is 0. The molecule has 0 N–H and O–H groups in total. The summed E-state index contributed by atoms with van der Waals surface area (Å²) in [6.45, 7) is 5.96. The largest absolute Gasteiger partial charge is 0.488 e. The molecule has 1 rings (SSSR count). The van der Waals surface area contributed by atoms with Gasteiger partial charge in [-0.25, -0.2) is 4.98 Å². The molecule has 0 saturated heterocycles. The number of ether oxygens (including phenoxy) is 1. The van der Waals surface area contributed by atoms with Crippen LogP contribution in [0.2, 0.25) is 0 Å². The van der Waals surface area contributed by atoms with E-state index in [4.69, 9.17) is 4.74 Å². The van der Waals surface area contributed by atoms with Crippen molar-refractivity contribution in [1.29, 1.82) is 0 Å². The predicted molar refractivity (Wildman–Crippen MR) is 59.4 cm³/mol. The van der Waals surface area contributed by atoms with E-state index in [0.717, 1.165) is 24.8 Å². The van der Waals surface area contributed by atoms with E-state index < -0.39 is 0 Å². The molecular formula is C12H17NO2. The number of hydrogen-bond acceptors (Lipinski definition) is 3. The Morgan fingerprint density at radius 3 is 2.87 bits per heavy atom. The first-order chi connectivity index (χ1) is 7.17. The molecule has 0 saturated carbocycles. The quantitative estimate of drug-likeness (QED) is 0.697. The molecule has 1 atom stereocenters. The van der Waals surface area contributed by atoms with Crippen molar-refractivity contribution in [2.45, 2.75) is 39.7 Å². The Bertz CT molecular complexity index is 336. The topological polar surface area (TPSA) is 39.2 Å². The highest BCUT2D eigenvalue weighted by atomic mass is 16.5. The van der Waals surface area contributed by atoms with Crippen molar-refractivity contribution in [3.63, 3.8) is 0 Å². The van der Waals surface area contributed by atoms with Crippen LogP contribution >= 0.6 is 0 Å². The number of aryl methyl sites for hydroxylation is 1. The Hall–Kier alpha value is -1.38. The minimum absolute atomic E-state index is 0.123. The fourth-order valence-electron chi connectivity index (χ4n) is 1.43. The van der Waals surface area contributed by atoms with Gasteiger partial charge < -0.3 is 4.74 Å². The van der Waals surface area contributed by atoms with Gasteiger partial charge in [0.1, 0.15) is 11.4 Å². The van der Waals surface area contributed by atoms with E-state index >= 15 is 0 Å². The number of carbonyl (C=O) groups is 1. The lowest BCUT2D eigenvalue weighted by Gasteiger charge is -2.14. The van der Waals surface area contributed by atoms with Crippen LogP contribution < -0.4 is 4.74 Å². The van der Waals surface area contributed by atoms with Crippen molar-refractivity contribution in [2.24, 2.45) is 0 Å². The van der Waals surface area contributed by atoms with Crippen molar-refractivity contribution in [2.75, 3.05) is 0 Å². The summed E-state index contributed by atoms with van der Waals surface area (Å²) in [6, 6.07) is 3.65. The summed E-state index contributed by atoms with van der Waals surface area (Å²) >= 11 is 0. The van der Waals surface area contributed by atoms with E-state index in [1.165, 1.54) is 0 Å². The van der Waals surface area contributed by atoms with Gasteiger partial charge in [0.2, 0.25) is 0 Å². The Morgan fingerprint density at radius 2 is 2.27 bits per heavy atom. The highest BCUT2D eigenvalue weighted by Gasteiger charge is 2.08. The van der Waals surface area contributed by atoms with Crippen LogP contribution in [0.1, 0.15) is 42.9 Å². The van der Waals surface area contributed by atoms with E-state index in [0.29, 0.717) is 11.4 Å². The molecule has 1 aromatic heterocycles. The maximum Gasteiger partial charge on any atom is 0.172 e. The van der Waals surface area contributed by atoms with E-state index in [1.54, 1.807) is 6.07 Å². The summed E-state index contributed by atoms with van der Waals surface area (Å²) < 4.78 is 5.64. The molecule has 0 amide bonds.